The van der Waals surface area contributed by atoms with Gasteiger partial charge in [-0.2, -0.15) is 0 Å². The lowest BCUT2D eigenvalue weighted by atomic mass is 10.3. The van der Waals surface area contributed by atoms with E-state index in [9.17, 15) is 0 Å². The lowest BCUT2D eigenvalue weighted by Crippen LogP contribution is -2.39. The highest BCUT2D eigenvalue weighted by atomic mass is 16.5. The first kappa shape index (κ1) is 8.47. The summed E-state index contributed by atoms with van der Waals surface area (Å²) in [6, 6.07) is 0. The van der Waals surface area contributed by atoms with E-state index in [1.54, 1.807) is 6.92 Å². The summed E-state index contributed by atoms with van der Waals surface area (Å²) in [5, 5.41) is 5.27. The number of rotatable bonds is 4. The molecule has 2 N–H and O–H groups in total. The molecule has 0 unspecified atom stereocenters. The number of nitrogens with two attached hydrogens (primary N) is 1. The van der Waals surface area contributed by atoms with Crippen LogP contribution in [0.1, 0.15) is 33.1 Å². The van der Waals surface area contributed by atoms with E-state index in [1.807, 2.05) is 0 Å². The second-order valence-corrected chi connectivity index (χ2v) is 2.17. The molecule has 0 bridgehead atoms. The molecular formula is C7H16NO+. The van der Waals surface area contributed by atoms with Crippen molar-refractivity contribution in [3.05, 3.63) is 0 Å². The average molecular weight is 130 g/mol. The monoisotopic (exact) mass is 130 g/mol. The molecule has 2 heteroatoms. The van der Waals surface area contributed by atoms with Gasteiger partial charge in [0, 0.05) is 0 Å². The van der Waals surface area contributed by atoms with Gasteiger partial charge in [-0.25, -0.2) is 5.41 Å². The van der Waals surface area contributed by atoms with E-state index in [1.165, 1.54) is 12.8 Å². The normalized spacial score (nSPS) is 9.11. The van der Waals surface area contributed by atoms with Crippen molar-refractivity contribution in [2.75, 3.05) is 6.61 Å². The standard InChI is InChI=1S/C7H15NO/c1-3-4-5-6-9-7(2)8/h8H,3-6H2,1-2H3/p+1. The molecule has 0 saturated carbocycles. The Kier molecular flexibility index (Phi) is 5.27. The van der Waals surface area contributed by atoms with E-state index >= 15 is 0 Å². The molecule has 0 heterocycles. The summed E-state index contributed by atoms with van der Waals surface area (Å²) in [7, 11) is 0. The van der Waals surface area contributed by atoms with Crippen LogP contribution >= 0.6 is 0 Å². The van der Waals surface area contributed by atoms with E-state index in [0.29, 0.717) is 5.90 Å². The molecule has 0 aromatic carbocycles. The topological polar surface area (TPSA) is 34.8 Å². The summed E-state index contributed by atoms with van der Waals surface area (Å²) >= 11 is 0. The largest absolute Gasteiger partial charge is 0.448 e. The zero-order chi connectivity index (χ0) is 7.11. The molecule has 0 aliphatic rings. The Morgan fingerprint density at radius 1 is 1.44 bits per heavy atom. The van der Waals surface area contributed by atoms with Crippen molar-refractivity contribution in [2.24, 2.45) is 0 Å². The van der Waals surface area contributed by atoms with E-state index in [4.69, 9.17) is 10.1 Å². The minimum absolute atomic E-state index is 0.575. The summed E-state index contributed by atoms with van der Waals surface area (Å²) < 4.78 is 5.04. The number of hydrogen-bond acceptors (Lipinski definition) is 1. The lowest BCUT2D eigenvalue weighted by Gasteiger charge is -1.97. The molecule has 2 nitrogen and oxygen atoms in total. The molecule has 0 radical (unpaired) electrons. The van der Waals surface area contributed by atoms with Crippen LogP contribution in [0.5, 0.6) is 0 Å². The second-order valence-electron chi connectivity index (χ2n) is 2.17. The van der Waals surface area contributed by atoms with Crippen molar-refractivity contribution in [3.63, 3.8) is 0 Å². The van der Waals surface area contributed by atoms with E-state index in [-0.39, 0.29) is 0 Å². The third-order valence-electron chi connectivity index (χ3n) is 1.08. The van der Waals surface area contributed by atoms with Crippen molar-refractivity contribution < 1.29 is 10.1 Å². The molecule has 0 spiro atoms. The van der Waals surface area contributed by atoms with E-state index < -0.39 is 0 Å². The first-order chi connectivity index (χ1) is 4.27. The fourth-order valence-electron chi connectivity index (χ4n) is 0.585. The van der Waals surface area contributed by atoms with Crippen molar-refractivity contribution in [2.45, 2.75) is 33.1 Å². The molecule has 0 saturated heterocycles. The third kappa shape index (κ3) is 7.47. The number of hydrogen-bond donors (Lipinski definition) is 1. The van der Waals surface area contributed by atoms with Gasteiger partial charge in [0.2, 0.25) is 0 Å². The van der Waals surface area contributed by atoms with Gasteiger partial charge in [0.05, 0.1) is 13.5 Å². The molecular weight excluding hydrogens is 114 g/mol. The Balaban J connectivity index is 2.83. The van der Waals surface area contributed by atoms with E-state index in [2.05, 4.69) is 6.92 Å². The van der Waals surface area contributed by atoms with Gasteiger partial charge >= 0.3 is 5.90 Å². The van der Waals surface area contributed by atoms with Crippen LogP contribution in [0.2, 0.25) is 0 Å². The van der Waals surface area contributed by atoms with Crippen LogP contribution in [0, 0.1) is 0 Å². The second kappa shape index (κ2) is 5.60. The van der Waals surface area contributed by atoms with Gasteiger partial charge in [0.15, 0.2) is 0 Å². The Hall–Kier alpha value is -0.530. The molecule has 0 aliphatic carbocycles. The van der Waals surface area contributed by atoms with Crippen molar-refractivity contribution >= 4 is 5.90 Å². The molecule has 0 fully saturated rings. The minimum atomic E-state index is 0.575. The first-order valence-electron chi connectivity index (χ1n) is 3.49. The highest BCUT2D eigenvalue weighted by Gasteiger charge is 1.91. The highest BCUT2D eigenvalue weighted by Crippen LogP contribution is 1.93. The molecule has 0 aromatic rings. The Labute approximate surface area is 56.7 Å². The molecule has 0 amide bonds. The molecule has 9 heavy (non-hydrogen) atoms. The predicted molar refractivity (Wildman–Crippen MR) is 38.1 cm³/mol. The number of unbranched alkanes of at least 4 members (excludes halogenated alkanes) is 2. The fourth-order valence-corrected chi connectivity index (χ4v) is 0.585. The van der Waals surface area contributed by atoms with Gasteiger partial charge in [0.1, 0.15) is 0 Å². The molecule has 0 rings (SSSR count). The van der Waals surface area contributed by atoms with Crippen molar-refractivity contribution in [1.82, 2.24) is 0 Å². The maximum atomic E-state index is 5.27. The summed E-state index contributed by atoms with van der Waals surface area (Å²) in [5.74, 6) is 0.575. The maximum Gasteiger partial charge on any atom is 0.329 e. The van der Waals surface area contributed by atoms with Crippen molar-refractivity contribution in [1.29, 1.82) is 0 Å². The molecule has 54 valence electrons. The summed E-state index contributed by atoms with van der Waals surface area (Å²) in [6.07, 6.45) is 3.57. The lowest BCUT2D eigenvalue weighted by molar-refractivity contribution is -0.141. The van der Waals surface area contributed by atoms with Crippen LogP contribution in [0.15, 0.2) is 0 Å². The average Bonchev–Trinajstić information content (AvgIpc) is 1.80. The maximum absolute atomic E-state index is 5.27. The number of ether oxygens (including phenoxy) is 1. The fraction of sp³-hybridized carbons (Fsp3) is 0.857. The molecule has 0 atom stereocenters. The Bertz CT molecular complexity index is 81.0. The summed E-state index contributed by atoms with van der Waals surface area (Å²) in [4.78, 5) is 0. The summed E-state index contributed by atoms with van der Waals surface area (Å²) in [6.45, 7) is 4.71. The highest BCUT2D eigenvalue weighted by molar-refractivity contribution is 5.65. The Morgan fingerprint density at radius 3 is 2.56 bits per heavy atom. The zero-order valence-electron chi connectivity index (χ0n) is 6.31. The zero-order valence-corrected chi connectivity index (χ0v) is 6.31. The first-order valence-corrected chi connectivity index (χ1v) is 3.49. The van der Waals surface area contributed by atoms with Crippen molar-refractivity contribution in [3.8, 4) is 0 Å². The quantitative estimate of drug-likeness (QED) is 0.333. The van der Waals surface area contributed by atoms with Gasteiger partial charge in [-0.1, -0.05) is 19.8 Å². The summed E-state index contributed by atoms with van der Waals surface area (Å²) in [5.41, 5.74) is 0. The molecule has 0 aromatic heterocycles. The minimum Gasteiger partial charge on any atom is -0.448 e. The van der Waals surface area contributed by atoms with E-state index in [0.717, 1.165) is 13.0 Å². The van der Waals surface area contributed by atoms with Gasteiger partial charge in [-0.05, 0) is 6.42 Å². The van der Waals surface area contributed by atoms with Gasteiger partial charge < -0.3 is 4.74 Å². The SMILES string of the molecule is CCCCCOC(C)=[NH2+]. The Morgan fingerprint density at radius 2 is 2.11 bits per heavy atom. The van der Waals surface area contributed by atoms with Crippen LogP contribution in [0.3, 0.4) is 0 Å². The third-order valence-corrected chi connectivity index (χ3v) is 1.08. The van der Waals surface area contributed by atoms with Gasteiger partial charge in [-0.3, -0.25) is 0 Å². The van der Waals surface area contributed by atoms with Crippen LogP contribution in [0.4, 0.5) is 0 Å². The van der Waals surface area contributed by atoms with Crippen LogP contribution < -0.4 is 5.41 Å². The molecule has 0 aliphatic heterocycles. The van der Waals surface area contributed by atoms with Crippen LogP contribution in [-0.2, 0) is 4.74 Å². The predicted octanol–water partition coefficient (Wildman–Crippen LogP) is 0.371. The smallest absolute Gasteiger partial charge is 0.329 e. The van der Waals surface area contributed by atoms with Gasteiger partial charge in [0.25, 0.3) is 0 Å². The van der Waals surface area contributed by atoms with Gasteiger partial charge in [-0.15, -0.1) is 0 Å². The van der Waals surface area contributed by atoms with Crippen LogP contribution in [-0.4, -0.2) is 12.5 Å². The van der Waals surface area contributed by atoms with Crippen LogP contribution in [0.25, 0.3) is 0 Å².